The second-order valence-corrected chi connectivity index (χ2v) is 6.96. The lowest BCUT2D eigenvalue weighted by molar-refractivity contribution is -0.137. The van der Waals surface area contributed by atoms with Gasteiger partial charge in [-0.2, -0.15) is 13.2 Å². The number of ketones is 1. The first-order valence-electron chi connectivity index (χ1n) is 6.51. The van der Waals surface area contributed by atoms with E-state index in [0.717, 1.165) is 12.1 Å². The van der Waals surface area contributed by atoms with Crippen molar-refractivity contribution in [1.29, 1.82) is 0 Å². The fraction of sp³-hybridized carbons (Fsp3) is 0.357. The molecule has 22 heavy (non-hydrogen) atoms. The minimum absolute atomic E-state index is 0.0165. The minimum Gasteiger partial charge on any atom is -0.295 e. The molecule has 0 spiro atoms. The molecule has 4 nitrogen and oxygen atoms in total. The third-order valence-electron chi connectivity index (χ3n) is 3.21. The summed E-state index contributed by atoms with van der Waals surface area (Å²) in [5.41, 5.74) is -0.671. The fourth-order valence-electron chi connectivity index (χ4n) is 2.23. The average molecular weight is 333 g/mol. The van der Waals surface area contributed by atoms with Crippen LogP contribution in [0.4, 0.5) is 13.2 Å². The number of benzene rings is 1. The van der Waals surface area contributed by atoms with Gasteiger partial charge in [0.05, 0.1) is 10.5 Å². The van der Waals surface area contributed by atoms with Crippen LogP contribution in [0.2, 0.25) is 0 Å². The van der Waals surface area contributed by atoms with Crippen LogP contribution in [-0.2, 0) is 21.0 Å². The number of nitrogens with one attached hydrogen (secondary N) is 1. The molecule has 1 unspecified atom stereocenters. The number of alkyl halides is 3. The number of carbonyl (C=O) groups is 1. The Balaban J connectivity index is 2.22. The number of hydrogen-bond donors (Lipinski definition) is 1. The van der Waals surface area contributed by atoms with Crippen molar-refractivity contribution >= 4 is 15.8 Å². The van der Waals surface area contributed by atoms with Crippen LogP contribution in [0.15, 0.2) is 40.9 Å². The summed E-state index contributed by atoms with van der Waals surface area (Å²) in [6.45, 7) is 1.82. The van der Waals surface area contributed by atoms with E-state index >= 15 is 0 Å². The lowest BCUT2D eigenvalue weighted by Gasteiger charge is -2.19. The Morgan fingerprint density at radius 3 is 2.23 bits per heavy atom. The van der Waals surface area contributed by atoms with E-state index in [2.05, 4.69) is 4.72 Å². The van der Waals surface area contributed by atoms with Crippen LogP contribution in [0, 0.1) is 5.92 Å². The van der Waals surface area contributed by atoms with Gasteiger partial charge in [-0.1, -0.05) is 6.92 Å². The van der Waals surface area contributed by atoms with E-state index < -0.39 is 21.8 Å². The third kappa shape index (κ3) is 3.88. The SMILES string of the molecule is CC1CC(=O)C=C(NS(=O)(=O)c2ccc(C(F)(F)F)cc2)C1. The summed E-state index contributed by atoms with van der Waals surface area (Å²) in [7, 11) is -4.01. The lowest BCUT2D eigenvalue weighted by atomic mass is 9.93. The molecule has 0 fully saturated rings. The van der Waals surface area contributed by atoms with Gasteiger partial charge >= 0.3 is 6.18 Å². The van der Waals surface area contributed by atoms with Gasteiger partial charge in [0.15, 0.2) is 5.78 Å². The Kier molecular flexibility index (Phi) is 4.32. The zero-order valence-corrected chi connectivity index (χ0v) is 12.5. The van der Waals surface area contributed by atoms with Gasteiger partial charge in [-0.25, -0.2) is 8.42 Å². The molecule has 0 amide bonds. The molecule has 1 aliphatic carbocycles. The molecule has 1 aliphatic rings. The van der Waals surface area contributed by atoms with Crippen molar-refractivity contribution in [3.8, 4) is 0 Å². The van der Waals surface area contributed by atoms with E-state index in [-0.39, 0.29) is 22.3 Å². The predicted octanol–water partition coefficient (Wildman–Crippen LogP) is 2.87. The number of rotatable bonds is 3. The highest BCUT2D eigenvalue weighted by Gasteiger charge is 2.31. The Labute approximate surface area is 126 Å². The number of sulfonamides is 1. The zero-order valence-electron chi connectivity index (χ0n) is 11.6. The fourth-order valence-corrected chi connectivity index (χ4v) is 3.33. The van der Waals surface area contributed by atoms with Gasteiger partial charge in [-0.05, 0) is 36.6 Å². The second kappa shape index (κ2) is 5.75. The highest BCUT2D eigenvalue weighted by molar-refractivity contribution is 7.89. The molecule has 0 bridgehead atoms. The maximum Gasteiger partial charge on any atom is 0.416 e. The predicted molar refractivity (Wildman–Crippen MR) is 73.3 cm³/mol. The summed E-state index contributed by atoms with van der Waals surface area (Å²) in [6.07, 6.45) is -2.55. The zero-order chi connectivity index (χ0) is 16.5. The maximum absolute atomic E-state index is 12.5. The van der Waals surface area contributed by atoms with E-state index in [0.29, 0.717) is 25.0 Å². The molecule has 2 rings (SSSR count). The van der Waals surface area contributed by atoms with Crippen LogP contribution in [-0.4, -0.2) is 14.2 Å². The van der Waals surface area contributed by atoms with Crippen molar-refractivity contribution in [2.75, 3.05) is 0 Å². The van der Waals surface area contributed by atoms with Crippen LogP contribution >= 0.6 is 0 Å². The van der Waals surface area contributed by atoms with Crippen molar-refractivity contribution in [3.63, 3.8) is 0 Å². The van der Waals surface area contributed by atoms with Crippen molar-refractivity contribution in [3.05, 3.63) is 41.6 Å². The van der Waals surface area contributed by atoms with Gasteiger partial charge in [0.25, 0.3) is 10.0 Å². The van der Waals surface area contributed by atoms with Crippen LogP contribution in [0.1, 0.15) is 25.3 Å². The summed E-state index contributed by atoms with van der Waals surface area (Å²) in [5.74, 6) is -0.160. The Morgan fingerprint density at radius 1 is 1.14 bits per heavy atom. The topological polar surface area (TPSA) is 63.2 Å². The summed E-state index contributed by atoms with van der Waals surface area (Å²) >= 11 is 0. The smallest absolute Gasteiger partial charge is 0.295 e. The van der Waals surface area contributed by atoms with Crippen LogP contribution in [0.3, 0.4) is 0 Å². The lowest BCUT2D eigenvalue weighted by Crippen LogP contribution is -2.27. The third-order valence-corrected chi connectivity index (χ3v) is 4.63. The minimum atomic E-state index is -4.52. The van der Waals surface area contributed by atoms with E-state index in [1.54, 1.807) is 0 Å². The normalized spacial score (nSPS) is 19.7. The van der Waals surface area contributed by atoms with Crippen LogP contribution < -0.4 is 4.72 Å². The first kappa shape index (κ1) is 16.5. The molecule has 1 N–H and O–H groups in total. The van der Waals surface area contributed by atoms with Gasteiger partial charge in [-0.3, -0.25) is 9.52 Å². The average Bonchev–Trinajstić information content (AvgIpc) is 2.36. The molecule has 0 saturated carbocycles. The molecule has 1 aromatic carbocycles. The van der Waals surface area contributed by atoms with Gasteiger partial charge in [0.1, 0.15) is 0 Å². The molecule has 1 aromatic rings. The number of carbonyl (C=O) groups excluding carboxylic acids is 1. The maximum atomic E-state index is 12.5. The summed E-state index contributed by atoms with van der Waals surface area (Å²) in [5, 5.41) is 0. The molecule has 0 saturated heterocycles. The summed E-state index contributed by atoms with van der Waals surface area (Å²) in [6, 6.07) is 3.19. The summed E-state index contributed by atoms with van der Waals surface area (Å²) < 4.78 is 63.9. The highest BCUT2D eigenvalue weighted by atomic mass is 32.2. The van der Waals surface area contributed by atoms with Gasteiger partial charge in [0.2, 0.25) is 0 Å². The van der Waals surface area contributed by atoms with Crippen molar-refractivity contribution in [2.24, 2.45) is 5.92 Å². The molecule has 8 heteroatoms. The molecule has 0 aromatic heterocycles. The highest BCUT2D eigenvalue weighted by Crippen LogP contribution is 2.30. The second-order valence-electron chi connectivity index (χ2n) is 5.28. The number of halogens is 3. The largest absolute Gasteiger partial charge is 0.416 e. The quantitative estimate of drug-likeness (QED) is 0.925. The van der Waals surface area contributed by atoms with Gasteiger partial charge in [-0.15, -0.1) is 0 Å². The van der Waals surface area contributed by atoms with E-state index in [1.165, 1.54) is 6.08 Å². The number of allylic oxidation sites excluding steroid dienone is 2. The first-order valence-corrected chi connectivity index (χ1v) is 8.00. The van der Waals surface area contributed by atoms with Gasteiger partial charge < -0.3 is 0 Å². The molecule has 0 radical (unpaired) electrons. The van der Waals surface area contributed by atoms with E-state index in [1.807, 2.05) is 6.92 Å². The van der Waals surface area contributed by atoms with Crippen molar-refractivity contribution in [2.45, 2.75) is 30.8 Å². The Morgan fingerprint density at radius 2 is 1.73 bits per heavy atom. The monoisotopic (exact) mass is 333 g/mol. The van der Waals surface area contributed by atoms with Crippen LogP contribution in [0.25, 0.3) is 0 Å². The molecule has 120 valence electrons. The van der Waals surface area contributed by atoms with Gasteiger partial charge in [0, 0.05) is 18.2 Å². The molecule has 1 atom stereocenters. The van der Waals surface area contributed by atoms with Crippen LogP contribution in [0.5, 0.6) is 0 Å². The number of hydrogen-bond acceptors (Lipinski definition) is 3. The standard InChI is InChI=1S/C14H14F3NO3S/c1-9-6-11(8-12(19)7-9)18-22(20,21)13-4-2-10(3-5-13)14(15,16)17/h2-5,8-9,18H,6-7H2,1H3. The Hall–Kier alpha value is -1.83. The molecule has 0 heterocycles. The molecular formula is C14H14F3NO3S. The van der Waals surface area contributed by atoms with E-state index in [9.17, 15) is 26.4 Å². The summed E-state index contributed by atoms with van der Waals surface area (Å²) in [4.78, 5) is 11.1. The first-order chi connectivity index (χ1) is 10.1. The molecule has 0 aliphatic heterocycles. The Bertz CT molecular complexity index is 706. The molecular weight excluding hydrogens is 319 g/mol. The van der Waals surface area contributed by atoms with Crippen molar-refractivity contribution < 1.29 is 26.4 Å². The van der Waals surface area contributed by atoms with Crippen molar-refractivity contribution in [1.82, 2.24) is 4.72 Å². The van der Waals surface area contributed by atoms with E-state index in [4.69, 9.17) is 0 Å².